The van der Waals surface area contributed by atoms with Crippen LogP contribution in [0.4, 0.5) is 0 Å². The first-order chi connectivity index (χ1) is 9.71. The van der Waals surface area contributed by atoms with Gasteiger partial charge in [0.1, 0.15) is 5.75 Å². The molecule has 0 saturated carbocycles. The molecule has 4 heteroatoms. The summed E-state index contributed by atoms with van der Waals surface area (Å²) in [5, 5.41) is 7.44. The molecule has 1 heterocycles. The van der Waals surface area contributed by atoms with Crippen LogP contribution < -0.4 is 15.4 Å². The second kappa shape index (κ2) is 6.27. The molecule has 0 aromatic heterocycles. The summed E-state index contributed by atoms with van der Waals surface area (Å²) < 4.78 is 6.44. The van der Waals surface area contributed by atoms with Gasteiger partial charge in [-0.1, -0.05) is 15.9 Å². The van der Waals surface area contributed by atoms with Gasteiger partial charge in [0.2, 0.25) is 0 Å². The first-order valence-electron chi connectivity index (χ1n) is 7.56. The van der Waals surface area contributed by atoms with E-state index in [2.05, 4.69) is 60.3 Å². The standard InChI is InChI=1S/C17H27BrN2O/c1-16(2)9-13(10-17(3,4)20-16)19-11-12-8-14(21-5)6-7-15(12)18/h6-8,13,19-20H,9-11H2,1-5H3. The van der Waals surface area contributed by atoms with Gasteiger partial charge in [-0.2, -0.15) is 0 Å². The predicted molar refractivity (Wildman–Crippen MR) is 91.8 cm³/mol. The lowest BCUT2D eigenvalue weighted by Gasteiger charge is -2.46. The van der Waals surface area contributed by atoms with Crippen LogP contribution in [0.2, 0.25) is 0 Å². The molecule has 3 nitrogen and oxygen atoms in total. The molecule has 0 atom stereocenters. The van der Waals surface area contributed by atoms with Gasteiger partial charge in [-0.25, -0.2) is 0 Å². The Kier molecular flexibility index (Phi) is 5.01. The molecule has 2 rings (SSSR count). The minimum absolute atomic E-state index is 0.172. The molecule has 0 aliphatic carbocycles. The Hall–Kier alpha value is -0.580. The predicted octanol–water partition coefficient (Wildman–Crippen LogP) is 3.86. The molecule has 2 N–H and O–H groups in total. The minimum Gasteiger partial charge on any atom is -0.497 e. The number of halogens is 1. The number of benzene rings is 1. The summed E-state index contributed by atoms with van der Waals surface area (Å²) in [5.41, 5.74) is 1.58. The maximum absolute atomic E-state index is 5.31. The molecule has 0 bridgehead atoms. The maximum Gasteiger partial charge on any atom is 0.119 e. The Morgan fingerprint density at radius 1 is 1.24 bits per heavy atom. The Bertz CT molecular complexity index is 484. The van der Waals surface area contributed by atoms with Crippen molar-refractivity contribution in [3.8, 4) is 5.75 Å². The molecule has 0 radical (unpaired) electrons. The van der Waals surface area contributed by atoms with Crippen molar-refractivity contribution < 1.29 is 4.74 Å². The zero-order valence-corrected chi connectivity index (χ0v) is 15.3. The third-order valence-corrected chi connectivity index (χ3v) is 4.80. The fourth-order valence-electron chi connectivity index (χ4n) is 3.53. The van der Waals surface area contributed by atoms with Gasteiger partial charge in [0, 0.05) is 28.1 Å². The van der Waals surface area contributed by atoms with Crippen molar-refractivity contribution >= 4 is 15.9 Å². The summed E-state index contributed by atoms with van der Waals surface area (Å²) >= 11 is 3.62. The molecule has 0 amide bonds. The van der Waals surface area contributed by atoms with E-state index in [0.29, 0.717) is 6.04 Å². The molecule has 1 aromatic rings. The average Bonchev–Trinajstić information content (AvgIpc) is 2.34. The fourth-order valence-corrected chi connectivity index (χ4v) is 3.92. The van der Waals surface area contributed by atoms with E-state index in [9.17, 15) is 0 Å². The number of piperidine rings is 1. The van der Waals surface area contributed by atoms with Gasteiger partial charge in [-0.3, -0.25) is 0 Å². The summed E-state index contributed by atoms with van der Waals surface area (Å²) in [6, 6.07) is 6.64. The highest BCUT2D eigenvalue weighted by Crippen LogP contribution is 2.29. The minimum atomic E-state index is 0.172. The zero-order valence-electron chi connectivity index (χ0n) is 13.7. The summed E-state index contributed by atoms with van der Waals surface area (Å²) in [6.45, 7) is 9.98. The second-order valence-electron chi connectivity index (χ2n) is 7.34. The normalized spacial score (nSPS) is 21.2. The van der Waals surface area contributed by atoms with Crippen LogP contribution in [-0.4, -0.2) is 24.2 Å². The lowest BCUT2D eigenvalue weighted by atomic mass is 9.79. The summed E-state index contributed by atoms with van der Waals surface area (Å²) in [5.74, 6) is 0.904. The Labute approximate surface area is 137 Å². The van der Waals surface area contributed by atoms with E-state index >= 15 is 0 Å². The molecular weight excluding hydrogens is 328 g/mol. The Morgan fingerprint density at radius 3 is 2.43 bits per heavy atom. The monoisotopic (exact) mass is 354 g/mol. The average molecular weight is 355 g/mol. The third-order valence-electron chi connectivity index (χ3n) is 4.02. The molecule has 118 valence electrons. The van der Waals surface area contributed by atoms with Gasteiger partial charge >= 0.3 is 0 Å². The highest BCUT2D eigenvalue weighted by Gasteiger charge is 2.37. The van der Waals surface area contributed by atoms with Crippen LogP contribution in [0, 0.1) is 0 Å². The van der Waals surface area contributed by atoms with Gasteiger partial charge in [0.25, 0.3) is 0 Å². The van der Waals surface area contributed by atoms with Crippen molar-refractivity contribution in [3.05, 3.63) is 28.2 Å². The van der Waals surface area contributed by atoms with Crippen LogP contribution in [0.25, 0.3) is 0 Å². The van der Waals surface area contributed by atoms with Crippen LogP contribution in [0.1, 0.15) is 46.1 Å². The van der Waals surface area contributed by atoms with E-state index in [1.54, 1.807) is 7.11 Å². The number of methoxy groups -OCH3 is 1. The molecule has 1 fully saturated rings. The molecular formula is C17H27BrN2O. The molecule has 1 aromatic carbocycles. The van der Waals surface area contributed by atoms with E-state index < -0.39 is 0 Å². The van der Waals surface area contributed by atoms with Crippen LogP contribution >= 0.6 is 15.9 Å². The molecule has 1 aliphatic heterocycles. The third kappa shape index (κ3) is 4.70. The number of hydrogen-bond donors (Lipinski definition) is 2. The van der Waals surface area contributed by atoms with E-state index in [0.717, 1.165) is 29.6 Å². The summed E-state index contributed by atoms with van der Waals surface area (Å²) in [4.78, 5) is 0. The molecule has 1 aliphatic rings. The number of ether oxygens (including phenoxy) is 1. The zero-order chi connectivity index (χ0) is 15.7. The van der Waals surface area contributed by atoms with Crippen molar-refractivity contribution in [1.82, 2.24) is 10.6 Å². The van der Waals surface area contributed by atoms with Crippen LogP contribution in [0.3, 0.4) is 0 Å². The topological polar surface area (TPSA) is 33.3 Å². The Balaban J connectivity index is 2.02. The van der Waals surface area contributed by atoms with Crippen molar-refractivity contribution in [3.63, 3.8) is 0 Å². The largest absolute Gasteiger partial charge is 0.497 e. The quantitative estimate of drug-likeness (QED) is 0.861. The van der Waals surface area contributed by atoms with Gasteiger partial charge in [-0.15, -0.1) is 0 Å². The first kappa shape index (κ1) is 16.8. The van der Waals surface area contributed by atoms with Gasteiger partial charge in [0.15, 0.2) is 0 Å². The SMILES string of the molecule is COc1ccc(Br)c(CNC2CC(C)(C)NC(C)(C)C2)c1. The fraction of sp³-hybridized carbons (Fsp3) is 0.647. The number of nitrogens with one attached hydrogen (secondary N) is 2. The summed E-state index contributed by atoms with van der Waals surface area (Å²) in [7, 11) is 1.71. The van der Waals surface area contributed by atoms with Crippen molar-refractivity contribution in [2.75, 3.05) is 7.11 Å². The van der Waals surface area contributed by atoms with Crippen molar-refractivity contribution in [1.29, 1.82) is 0 Å². The molecule has 0 unspecified atom stereocenters. The van der Waals surface area contributed by atoms with Gasteiger partial charge in [0.05, 0.1) is 7.11 Å². The second-order valence-corrected chi connectivity index (χ2v) is 8.19. The van der Waals surface area contributed by atoms with Gasteiger partial charge in [-0.05, 0) is 64.3 Å². The first-order valence-corrected chi connectivity index (χ1v) is 8.35. The molecule has 21 heavy (non-hydrogen) atoms. The van der Waals surface area contributed by atoms with E-state index in [1.165, 1.54) is 5.56 Å². The molecule has 0 spiro atoms. The van der Waals surface area contributed by atoms with E-state index in [4.69, 9.17) is 4.74 Å². The lowest BCUT2D eigenvalue weighted by molar-refractivity contribution is 0.145. The highest BCUT2D eigenvalue weighted by atomic mass is 79.9. The van der Waals surface area contributed by atoms with Crippen LogP contribution in [0.5, 0.6) is 5.75 Å². The van der Waals surface area contributed by atoms with E-state index in [-0.39, 0.29) is 11.1 Å². The maximum atomic E-state index is 5.31. The molecule has 1 saturated heterocycles. The van der Waals surface area contributed by atoms with Crippen molar-refractivity contribution in [2.45, 2.75) is 64.2 Å². The smallest absolute Gasteiger partial charge is 0.119 e. The highest BCUT2D eigenvalue weighted by molar-refractivity contribution is 9.10. The summed E-state index contributed by atoms with van der Waals surface area (Å²) in [6.07, 6.45) is 2.27. The van der Waals surface area contributed by atoms with Gasteiger partial charge < -0.3 is 15.4 Å². The van der Waals surface area contributed by atoms with Crippen LogP contribution in [-0.2, 0) is 6.54 Å². The van der Waals surface area contributed by atoms with Crippen molar-refractivity contribution in [2.24, 2.45) is 0 Å². The van der Waals surface area contributed by atoms with Crippen LogP contribution in [0.15, 0.2) is 22.7 Å². The Morgan fingerprint density at radius 2 is 1.86 bits per heavy atom. The number of rotatable bonds is 4. The van der Waals surface area contributed by atoms with E-state index in [1.807, 2.05) is 12.1 Å². The lowest BCUT2D eigenvalue weighted by Crippen LogP contribution is -2.61. The number of hydrogen-bond acceptors (Lipinski definition) is 3.